The first kappa shape index (κ1) is 25.2. The van der Waals surface area contributed by atoms with Crippen molar-refractivity contribution in [2.45, 2.75) is 26.6 Å². The van der Waals surface area contributed by atoms with Crippen molar-refractivity contribution >= 4 is 29.3 Å². The van der Waals surface area contributed by atoms with Crippen LogP contribution in [0.25, 0.3) is 0 Å². The fourth-order valence-electron chi connectivity index (χ4n) is 3.04. The summed E-state index contributed by atoms with van der Waals surface area (Å²) in [5.41, 5.74) is 6.22. The van der Waals surface area contributed by atoms with Crippen LogP contribution in [0.1, 0.15) is 34.7 Å². The van der Waals surface area contributed by atoms with Gasteiger partial charge in [-0.1, -0.05) is 17.9 Å². The number of nitrogens with zero attached hydrogens (tertiary/aromatic N) is 2. The number of carbonyl (C=O) groups excluding carboxylic acids is 2. The number of rotatable bonds is 4. The third kappa shape index (κ3) is 7.02. The van der Waals surface area contributed by atoms with Crippen molar-refractivity contribution in [3.05, 3.63) is 76.6 Å². The normalized spacial score (nSPS) is 10.7. The molecule has 0 bridgehead atoms. The number of hydrogen-bond donors (Lipinski definition) is 4. The Morgan fingerprint density at radius 1 is 1.00 bits per heavy atom. The molecule has 0 aliphatic heterocycles. The molecule has 1 aromatic carbocycles. The molecule has 0 fully saturated rings. The third-order valence-corrected chi connectivity index (χ3v) is 4.62. The molecule has 11 heteroatoms. The monoisotopic (exact) mass is 482 g/mol. The van der Waals surface area contributed by atoms with Gasteiger partial charge in [-0.3, -0.25) is 10.1 Å². The maximum Gasteiger partial charge on any atom is 0.416 e. The summed E-state index contributed by atoms with van der Waals surface area (Å²) in [6.07, 6.45) is -1.65. The van der Waals surface area contributed by atoms with Crippen LogP contribution >= 0.6 is 0 Å². The average Bonchev–Trinajstić information content (AvgIpc) is 2.78. The summed E-state index contributed by atoms with van der Waals surface area (Å²) in [4.78, 5) is 31.7. The van der Waals surface area contributed by atoms with Gasteiger partial charge in [-0.05, 0) is 48.4 Å². The zero-order chi connectivity index (χ0) is 25.6. The highest BCUT2D eigenvalue weighted by atomic mass is 19.4. The second kappa shape index (κ2) is 10.7. The van der Waals surface area contributed by atoms with Crippen molar-refractivity contribution in [3.63, 3.8) is 0 Å². The van der Waals surface area contributed by atoms with E-state index in [0.29, 0.717) is 16.9 Å². The third-order valence-electron chi connectivity index (χ3n) is 4.62. The number of carbonyl (C=O) groups is 2. The zero-order valence-corrected chi connectivity index (χ0v) is 18.7. The van der Waals surface area contributed by atoms with Gasteiger partial charge in [0.1, 0.15) is 11.6 Å². The Morgan fingerprint density at radius 3 is 2.40 bits per heavy atom. The first-order chi connectivity index (χ1) is 16.5. The van der Waals surface area contributed by atoms with E-state index in [2.05, 4.69) is 37.8 Å². The Labute approximate surface area is 199 Å². The van der Waals surface area contributed by atoms with Gasteiger partial charge in [-0.2, -0.15) is 13.2 Å². The van der Waals surface area contributed by atoms with Crippen molar-refractivity contribution in [1.29, 1.82) is 0 Å². The SMILES string of the molecule is CC(=O)Nc1ncc(C#Cc2ccnc(NC(=O)Nc3ccc(CN)c(C(F)(F)F)c3)c2)cc1C. The molecule has 2 heterocycles. The summed E-state index contributed by atoms with van der Waals surface area (Å²) in [5.74, 6) is 6.23. The predicted molar refractivity (Wildman–Crippen MR) is 125 cm³/mol. The Morgan fingerprint density at radius 2 is 1.74 bits per heavy atom. The molecule has 0 aliphatic rings. The van der Waals surface area contributed by atoms with E-state index in [9.17, 15) is 22.8 Å². The first-order valence-corrected chi connectivity index (χ1v) is 10.3. The van der Waals surface area contributed by atoms with Crippen LogP contribution in [0.2, 0.25) is 0 Å². The Balaban J connectivity index is 1.70. The van der Waals surface area contributed by atoms with E-state index in [-0.39, 0.29) is 29.5 Å². The molecule has 35 heavy (non-hydrogen) atoms. The van der Waals surface area contributed by atoms with E-state index in [1.807, 2.05) is 0 Å². The number of nitrogens with two attached hydrogens (primary N) is 1. The van der Waals surface area contributed by atoms with E-state index in [1.165, 1.54) is 37.5 Å². The van der Waals surface area contributed by atoms with Crippen LogP contribution in [0, 0.1) is 18.8 Å². The summed E-state index contributed by atoms with van der Waals surface area (Å²) in [5, 5.41) is 7.43. The quantitative estimate of drug-likeness (QED) is 0.414. The summed E-state index contributed by atoms with van der Waals surface area (Å²) in [6.45, 7) is 2.90. The topological polar surface area (TPSA) is 122 Å². The minimum atomic E-state index is -4.60. The summed E-state index contributed by atoms with van der Waals surface area (Å²) >= 11 is 0. The molecule has 0 saturated carbocycles. The first-order valence-electron chi connectivity index (χ1n) is 10.3. The van der Waals surface area contributed by atoms with Gasteiger partial charge in [0, 0.05) is 42.7 Å². The van der Waals surface area contributed by atoms with Gasteiger partial charge < -0.3 is 16.4 Å². The van der Waals surface area contributed by atoms with Crippen molar-refractivity contribution in [3.8, 4) is 11.8 Å². The fourth-order valence-corrected chi connectivity index (χ4v) is 3.04. The molecule has 180 valence electrons. The summed E-state index contributed by atoms with van der Waals surface area (Å²) in [6, 6.07) is 7.50. The molecule has 0 spiro atoms. The number of aryl methyl sites for hydroxylation is 1. The van der Waals surface area contributed by atoms with Crippen molar-refractivity contribution < 1.29 is 22.8 Å². The molecule has 3 rings (SSSR count). The van der Waals surface area contributed by atoms with E-state index < -0.39 is 17.8 Å². The second-order valence-electron chi connectivity index (χ2n) is 7.40. The lowest BCUT2D eigenvalue weighted by Gasteiger charge is -2.14. The van der Waals surface area contributed by atoms with Crippen LogP contribution in [0.3, 0.4) is 0 Å². The highest BCUT2D eigenvalue weighted by Gasteiger charge is 2.33. The number of aromatic nitrogens is 2. The standard InChI is InChI=1S/C24H21F3N6O2/c1-14-9-17(13-30-22(14)31-15(2)34)4-3-16-7-8-29-21(10-16)33-23(35)32-19-6-5-18(12-28)20(11-19)24(25,26)27/h5-11,13H,12,28H2,1-2H3,(H,30,31,34)(H2,29,32,33,35). The minimum absolute atomic E-state index is 0.0476. The van der Waals surface area contributed by atoms with E-state index in [1.54, 1.807) is 19.1 Å². The van der Waals surface area contributed by atoms with Crippen LogP contribution in [0.15, 0.2) is 48.8 Å². The van der Waals surface area contributed by atoms with E-state index >= 15 is 0 Å². The van der Waals surface area contributed by atoms with Gasteiger partial charge in [-0.25, -0.2) is 14.8 Å². The number of urea groups is 1. The Bertz CT molecular complexity index is 1330. The number of anilines is 3. The maximum atomic E-state index is 13.2. The highest BCUT2D eigenvalue weighted by Crippen LogP contribution is 2.33. The molecule has 5 N–H and O–H groups in total. The molecule has 0 aliphatic carbocycles. The Hall–Kier alpha value is -4.43. The lowest BCUT2D eigenvalue weighted by molar-refractivity contribution is -0.138. The lowest BCUT2D eigenvalue weighted by Crippen LogP contribution is -2.21. The van der Waals surface area contributed by atoms with Crippen LogP contribution in [0.4, 0.5) is 35.3 Å². The molecule has 2 aromatic heterocycles. The van der Waals surface area contributed by atoms with E-state index in [4.69, 9.17) is 5.73 Å². The van der Waals surface area contributed by atoms with Gasteiger partial charge in [0.05, 0.1) is 5.56 Å². The largest absolute Gasteiger partial charge is 0.416 e. The number of amides is 3. The second-order valence-corrected chi connectivity index (χ2v) is 7.40. The average molecular weight is 482 g/mol. The van der Waals surface area contributed by atoms with Gasteiger partial charge in [0.25, 0.3) is 0 Å². The molecule has 0 saturated heterocycles. The van der Waals surface area contributed by atoms with Crippen LogP contribution in [0.5, 0.6) is 0 Å². The molecule has 3 amide bonds. The van der Waals surface area contributed by atoms with Gasteiger partial charge in [-0.15, -0.1) is 0 Å². The molecule has 8 nitrogen and oxygen atoms in total. The van der Waals surface area contributed by atoms with Crippen LogP contribution < -0.4 is 21.7 Å². The molecular formula is C24H21F3N6O2. The Kier molecular flexibility index (Phi) is 7.68. The van der Waals surface area contributed by atoms with Crippen LogP contribution in [-0.4, -0.2) is 21.9 Å². The minimum Gasteiger partial charge on any atom is -0.326 e. The number of hydrogen-bond acceptors (Lipinski definition) is 5. The van der Waals surface area contributed by atoms with Gasteiger partial charge in [0.2, 0.25) is 5.91 Å². The number of halogens is 3. The van der Waals surface area contributed by atoms with Gasteiger partial charge in [0.15, 0.2) is 0 Å². The number of nitrogens with one attached hydrogen (secondary N) is 3. The smallest absolute Gasteiger partial charge is 0.326 e. The number of alkyl halides is 3. The molecule has 0 unspecified atom stereocenters. The van der Waals surface area contributed by atoms with Crippen molar-refractivity contribution in [2.75, 3.05) is 16.0 Å². The lowest BCUT2D eigenvalue weighted by atomic mass is 10.1. The van der Waals surface area contributed by atoms with Crippen molar-refractivity contribution in [2.24, 2.45) is 5.73 Å². The highest BCUT2D eigenvalue weighted by molar-refractivity contribution is 5.99. The molecular weight excluding hydrogens is 461 g/mol. The van der Waals surface area contributed by atoms with E-state index in [0.717, 1.165) is 11.6 Å². The molecule has 3 aromatic rings. The molecule has 0 atom stereocenters. The predicted octanol–water partition coefficient (Wildman–Crippen LogP) is 4.26. The molecule has 0 radical (unpaired) electrons. The number of benzene rings is 1. The maximum absolute atomic E-state index is 13.2. The summed E-state index contributed by atoms with van der Waals surface area (Å²) < 4.78 is 39.6. The van der Waals surface area contributed by atoms with Crippen molar-refractivity contribution in [1.82, 2.24) is 9.97 Å². The van der Waals surface area contributed by atoms with Crippen LogP contribution in [-0.2, 0) is 17.5 Å². The number of pyridine rings is 2. The fraction of sp³-hybridized carbons (Fsp3) is 0.167. The zero-order valence-electron chi connectivity index (χ0n) is 18.7. The van der Waals surface area contributed by atoms with Gasteiger partial charge >= 0.3 is 12.2 Å². The summed E-state index contributed by atoms with van der Waals surface area (Å²) in [7, 11) is 0.